The average Bonchev–Trinajstić information content (AvgIpc) is 2.45. The van der Waals surface area contributed by atoms with E-state index in [9.17, 15) is 10.2 Å². The number of hydrogen-bond acceptors (Lipinski definition) is 5. The molecule has 0 radical (unpaired) electrons. The summed E-state index contributed by atoms with van der Waals surface area (Å²) in [5, 5.41) is 18.7. The predicted octanol–water partition coefficient (Wildman–Crippen LogP) is 0.785. The van der Waals surface area contributed by atoms with E-state index in [1.165, 1.54) is 0 Å². The van der Waals surface area contributed by atoms with Gasteiger partial charge in [-0.15, -0.1) is 0 Å². The Hall–Kier alpha value is -0.200. The molecule has 0 unspecified atom stereocenters. The highest BCUT2D eigenvalue weighted by Crippen LogP contribution is 2.28. The molecular formula is C13H26O5. The van der Waals surface area contributed by atoms with E-state index in [2.05, 4.69) is 6.92 Å². The minimum absolute atomic E-state index is 0.0634. The maximum Gasteiger partial charge on any atom is 0.146 e. The molecule has 2 N–H and O–H groups in total. The van der Waals surface area contributed by atoms with Gasteiger partial charge in [-0.3, -0.25) is 0 Å². The van der Waals surface area contributed by atoms with Crippen LogP contribution in [0.2, 0.25) is 0 Å². The van der Waals surface area contributed by atoms with Crippen molar-refractivity contribution in [2.24, 2.45) is 10.8 Å². The molecule has 1 saturated heterocycles. The van der Waals surface area contributed by atoms with Gasteiger partial charge in [0.1, 0.15) is 6.79 Å². The monoisotopic (exact) mass is 262 g/mol. The molecule has 5 nitrogen and oxygen atoms in total. The highest BCUT2D eigenvalue weighted by atomic mass is 16.7. The van der Waals surface area contributed by atoms with Gasteiger partial charge in [0.05, 0.1) is 39.6 Å². The number of ether oxygens (including phenoxy) is 3. The van der Waals surface area contributed by atoms with Crippen molar-refractivity contribution >= 4 is 0 Å². The number of rotatable bonds is 8. The Kier molecular flexibility index (Phi) is 6.52. The zero-order chi connectivity index (χ0) is 13.5. The standard InChI is InChI=1S/C13H26O5/c1-3-12(5-14,6-15)7-16-8-13(4-2)9-17-11-18-10-13/h14-15H,3-11H2,1-2H3. The molecule has 1 heterocycles. The maximum atomic E-state index is 9.35. The third-order valence-corrected chi connectivity index (χ3v) is 3.97. The Balaban J connectivity index is 2.43. The Morgan fingerprint density at radius 1 is 1.17 bits per heavy atom. The van der Waals surface area contributed by atoms with E-state index in [1.54, 1.807) is 0 Å². The molecule has 0 aromatic rings. The molecule has 1 aliphatic rings. The highest BCUT2D eigenvalue weighted by molar-refractivity contribution is 4.81. The molecule has 1 aliphatic heterocycles. The van der Waals surface area contributed by atoms with E-state index in [0.717, 1.165) is 6.42 Å². The van der Waals surface area contributed by atoms with Crippen molar-refractivity contribution in [3.63, 3.8) is 0 Å². The van der Waals surface area contributed by atoms with Crippen LogP contribution in [-0.2, 0) is 14.2 Å². The number of aliphatic hydroxyl groups excluding tert-OH is 2. The van der Waals surface area contributed by atoms with Crippen molar-refractivity contribution in [3.05, 3.63) is 0 Å². The largest absolute Gasteiger partial charge is 0.396 e. The predicted molar refractivity (Wildman–Crippen MR) is 67.2 cm³/mol. The maximum absolute atomic E-state index is 9.35. The Morgan fingerprint density at radius 3 is 2.22 bits per heavy atom. The molecule has 0 bridgehead atoms. The number of hydrogen-bond donors (Lipinski definition) is 2. The Bertz CT molecular complexity index is 213. The lowest BCUT2D eigenvalue weighted by molar-refractivity contribution is -0.187. The molecule has 0 saturated carbocycles. The van der Waals surface area contributed by atoms with Crippen LogP contribution in [0.15, 0.2) is 0 Å². The fraction of sp³-hybridized carbons (Fsp3) is 1.00. The second-order valence-electron chi connectivity index (χ2n) is 5.33. The lowest BCUT2D eigenvalue weighted by Gasteiger charge is -2.37. The summed E-state index contributed by atoms with van der Waals surface area (Å²) in [6, 6.07) is 0. The van der Waals surface area contributed by atoms with Gasteiger partial charge in [-0.25, -0.2) is 0 Å². The van der Waals surface area contributed by atoms with E-state index in [0.29, 0.717) is 39.6 Å². The first kappa shape index (κ1) is 15.9. The van der Waals surface area contributed by atoms with Gasteiger partial charge < -0.3 is 24.4 Å². The van der Waals surface area contributed by atoms with E-state index in [4.69, 9.17) is 14.2 Å². The second-order valence-corrected chi connectivity index (χ2v) is 5.33. The van der Waals surface area contributed by atoms with Crippen LogP contribution in [-0.4, -0.2) is 56.6 Å². The first-order chi connectivity index (χ1) is 8.66. The molecular weight excluding hydrogens is 236 g/mol. The van der Waals surface area contributed by atoms with Crippen molar-refractivity contribution in [2.45, 2.75) is 26.7 Å². The van der Waals surface area contributed by atoms with Crippen LogP contribution in [0.25, 0.3) is 0 Å². The van der Waals surface area contributed by atoms with Gasteiger partial charge in [-0.1, -0.05) is 13.8 Å². The molecule has 0 aliphatic carbocycles. The van der Waals surface area contributed by atoms with E-state index < -0.39 is 5.41 Å². The van der Waals surface area contributed by atoms with Crippen LogP contribution in [0.1, 0.15) is 26.7 Å². The molecule has 0 aromatic carbocycles. The lowest BCUT2D eigenvalue weighted by atomic mass is 9.86. The number of aliphatic hydroxyl groups is 2. The molecule has 0 amide bonds. The topological polar surface area (TPSA) is 68.2 Å². The van der Waals surface area contributed by atoms with Crippen molar-refractivity contribution < 1.29 is 24.4 Å². The van der Waals surface area contributed by atoms with Gasteiger partial charge in [-0.05, 0) is 12.8 Å². The van der Waals surface area contributed by atoms with Crippen LogP contribution < -0.4 is 0 Å². The average molecular weight is 262 g/mol. The molecule has 18 heavy (non-hydrogen) atoms. The molecule has 0 atom stereocenters. The van der Waals surface area contributed by atoms with Gasteiger partial charge in [0.2, 0.25) is 0 Å². The molecule has 0 aromatic heterocycles. The molecule has 108 valence electrons. The molecule has 1 rings (SSSR count). The highest BCUT2D eigenvalue weighted by Gasteiger charge is 2.34. The summed E-state index contributed by atoms with van der Waals surface area (Å²) < 4.78 is 16.4. The quantitative estimate of drug-likeness (QED) is 0.677. The third kappa shape index (κ3) is 3.90. The van der Waals surface area contributed by atoms with Crippen molar-refractivity contribution in [1.82, 2.24) is 0 Å². The first-order valence-corrected chi connectivity index (χ1v) is 6.61. The van der Waals surface area contributed by atoms with Crippen LogP contribution in [0.4, 0.5) is 0 Å². The van der Waals surface area contributed by atoms with Crippen LogP contribution in [0.5, 0.6) is 0 Å². The van der Waals surface area contributed by atoms with Crippen LogP contribution in [0.3, 0.4) is 0 Å². The van der Waals surface area contributed by atoms with Gasteiger partial charge in [0, 0.05) is 10.8 Å². The second kappa shape index (κ2) is 7.40. The minimum atomic E-state index is -0.536. The Labute approximate surface area is 109 Å². The molecule has 1 fully saturated rings. The van der Waals surface area contributed by atoms with Gasteiger partial charge in [-0.2, -0.15) is 0 Å². The summed E-state index contributed by atoms with van der Waals surface area (Å²) in [6.45, 7) is 6.43. The van der Waals surface area contributed by atoms with E-state index in [1.807, 2.05) is 6.92 Å². The lowest BCUT2D eigenvalue weighted by Crippen LogP contribution is -2.43. The Morgan fingerprint density at radius 2 is 1.78 bits per heavy atom. The first-order valence-electron chi connectivity index (χ1n) is 6.61. The normalized spacial score (nSPS) is 20.0. The molecule has 5 heteroatoms. The summed E-state index contributed by atoms with van der Waals surface area (Å²) in [6.07, 6.45) is 1.61. The fourth-order valence-corrected chi connectivity index (χ4v) is 1.96. The van der Waals surface area contributed by atoms with Crippen molar-refractivity contribution in [2.75, 3.05) is 46.4 Å². The van der Waals surface area contributed by atoms with Crippen LogP contribution in [0, 0.1) is 10.8 Å². The van der Waals surface area contributed by atoms with E-state index in [-0.39, 0.29) is 18.6 Å². The van der Waals surface area contributed by atoms with Gasteiger partial charge in [0.15, 0.2) is 0 Å². The van der Waals surface area contributed by atoms with Crippen molar-refractivity contribution in [1.29, 1.82) is 0 Å². The third-order valence-electron chi connectivity index (χ3n) is 3.97. The van der Waals surface area contributed by atoms with Gasteiger partial charge >= 0.3 is 0 Å². The van der Waals surface area contributed by atoms with Crippen molar-refractivity contribution in [3.8, 4) is 0 Å². The minimum Gasteiger partial charge on any atom is -0.396 e. The summed E-state index contributed by atoms with van der Waals surface area (Å²) >= 11 is 0. The smallest absolute Gasteiger partial charge is 0.146 e. The SMILES string of the molecule is CCC(CO)(CO)COCC1(CC)COCOC1. The summed E-state index contributed by atoms with van der Waals surface area (Å²) in [5.74, 6) is 0. The summed E-state index contributed by atoms with van der Waals surface area (Å²) in [4.78, 5) is 0. The zero-order valence-corrected chi connectivity index (χ0v) is 11.5. The summed E-state index contributed by atoms with van der Waals surface area (Å²) in [7, 11) is 0. The van der Waals surface area contributed by atoms with E-state index >= 15 is 0 Å². The summed E-state index contributed by atoms with van der Waals surface area (Å²) in [5.41, 5.74) is -0.631. The van der Waals surface area contributed by atoms with Gasteiger partial charge in [0.25, 0.3) is 0 Å². The fourth-order valence-electron chi connectivity index (χ4n) is 1.96. The zero-order valence-electron chi connectivity index (χ0n) is 11.5. The molecule has 0 spiro atoms. The van der Waals surface area contributed by atoms with Crippen LogP contribution >= 0.6 is 0 Å².